The molecule has 7 heteroatoms. The SMILES string of the molecule is CCC(=O)Nc1ccc(S(=O)(=O)NC[C@@H]2CCCO2)cc1. The summed E-state index contributed by atoms with van der Waals surface area (Å²) in [5, 5.41) is 2.67. The zero-order valence-corrected chi connectivity index (χ0v) is 12.8. The normalized spacial score (nSPS) is 18.6. The van der Waals surface area contributed by atoms with Gasteiger partial charge < -0.3 is 10.1 Å². The summed E-state index contributed by atoms with van der Waals surface area (Å²) in [7, 11) is -3.54. The summed E-state index contributed by atoms with van der Waals surface area (Å²) >= 11 is 0. The van der Waals surface area contributed by atoms with E-state index in [4.69, 9.17) is 4.74 Å². The van der Waals surface area contributed by atoms with Gasteiger partial charge in [0.05, 0.1) is 11.0 Å². The van der Waals surface area contributed by atoms with Crippen molar-refractivity contribution >= 4 is 21.6 Å². The maximum Gasteiger partial charge on any atom is 0.240 e. The topological polar surface area (TPSA) is 84.5 Å². The van der Waals surface area contributed by atoms with Crippen LogP contribution in [-0.4, -0.2) is 33.6 Å². The molecule has 1 heterocycles. The molecule has 0 bridgehead atoms. The van der Waals surface area contributed by atoms with Gasteiger partial charge in [-0.05, 0) is 37.1 Å². The van der Waals surface area contributed by atoms with Crippen molar-refractivity contribution in [3.63, 3.8) is 0 Å². The van der Waals surface area contributed by atoms with Gasteiger partial charge >= 0.3 is 0 Å². The van der Waals surface area contributed by atoms with E-state index >= 15 is 0 Å². The van der Waals surface area contributed by atoms with E-state index in [0.29, 0.717) is 18.7 Å². The molecule has 6 nitrogen and oxygen atoms in total. The van der Waals surface area contributed by atoms with Gasteiger partial charge in [0.2, 0.25) is 15.9 Å². The monoisotopic (exact) mass is 312 g/mol. The van der Waals surface area contributed by atoms with E-state index in [-0.39, 0.29) is 23.5 Å². The Morgan fingerprint density at radius 2 is 2.05 bits per heavy atom. The molecule has 0 aromatic heterocycles. The molecule has 1 aliphatic heterocycles. The van der Waals surface area contributed by atoms with Gasteiger partial charge in [0, 0.05) is 25.3 Å². The number of hydrogen-bond acceptors (Lipinski definition) is 4. The highest BCUT2D eigenvalue weighted by atomic mass is 32.2. The molecule has 1 aliphatic rings. The third-order valence-corrected chi connectivity index (χ3v) is 4.73. The van der Waals surface area contributed by atoms with E-state index in [2.05, 4.69) is 10.0 Å². The molecule has 1 aromatic rings. The van der Waals surface area contributed by atoms with Crippen LogP contribution < -0.4 is 10.0 Å². The molecule has 2 rings (SSSR count). The Balaban J connectivity index is 1.97. The molecule has 1 aromatic carbocycles. The summed E-state index contributed by atoms with van der Waals surface area (Å²) in [6.45, 7) is 2.73. The molecular formula is C14H20N2O4S. The molecule has 1 atom stereocenters. The number of hydrogen-bond donors (Lipinski definition) is 2. The molecule has 0 spiro atoms. The summed E-state index contributed by atoms with van der Waals surface area (Å²) in [5.74, 6) is -0.109. The molecule has 21 heavy (non-hydrogen) atoms. The first-order valence-corrected chi connectivity index (χ1v) is 8.51. The van der Waals surface area contributed by atoms with Crippen LogP contribution in [0, 0.1) is 0 Å². The van der Waals surface area contributed by atoms with Crippen LogP contribution in [0.1, 0.15) is 26.2 Å². The average molecular weight is 312 g/mol. The molecule has 0 radical (unpaired) electrons. The molecule has 2 N–H and O–H groups in total. The molecule has 0 saturated carbocycles. The number of carbonyl (C=O) groups is 1. The van der Waals surface area contributed by atoms with Crippen molar-refractivity contribution in [2.45, 2.75) is 37.2 Å². The first-order valence-electron chi connectivity index (χ1n) is 7.02. The summed E-state index contributed by atoms with van der Waals surface area (Å²) in [6.07, 6.45) is 2.19. The quantitative estimate of drug-likeness (QED) is 0.833. The van der Waals surface area contributed by atoms with Crippen LogP contribution in [0.4, 0.5) is 5.69 Å². The highest BCUT2D eigenvalue weighted by Crippen LogP contribution is 2.16. The Morgan fingerprint density at radius 1 is 1.33 bits per heavy atom. The number of rotatable bonds is 6. The lowest BCUT2D eigenvalue weighted by atomic mass is 10.2. The fraction of sp³-hybridized carbons (Fsp3) is 0.500. The highest BCUT2D eigenvalue weighted by molar-refractivity contribution is 7.89. The second kappa shape index (κ2) is 7.02. The summed E-state index contributed by atoms with van der Waals surface area (Å²) in [5.41, 5.74) is 0.583. The van der Waals surface area contributed by atoms with Crippen molar-refractivity contribution in [1.82, 2.24) is 4.72 Å². The number of anilines is 1. The van der Waals surface area contributed by atoms with Crippen LogP contribution in [0.2, 0.25) is 0 Å². The van der Waals surface area contributed by atoms with Crippen molar-refractivity contribution in [1.29, 1.82) is 0 Å². The lowest BCUT2D eigenvalue weighted by Gasteiger charge is -2.12. The Hall–Kier alpha value is -1.44. The van der Waals surface area contributed by atoms with Crippen LogP contribution >= 0.6 is 0 Å². The number of benzene rings is 1. The van der Waals surface area contributed by atoms with E-state index in [1.54, 1.807) is 19.1 Å². The molecule has 0 unspecified atom stereocenters. The third kappa shape index (κ3) is 4.52. The van der Waals surface area contributed by atoms with Gasteiger partial charge in [-0.25, -0.2) is 13.1 Å². The van der Waals surface area contributed by atoms with E-state index in [1.165, 1.54) is 12.1 Å². The zero-order valence-electron chi connectivity index (χ0n) is 12.0. The van der Waals surface area contributed by atoms with Crippen LogP contribution in [0.25, 0.3) is 0 Å². The smallest absolute Gasteiger partial charge is 0.240 e. The van der Waals surface area contributed by atoms with E-state index in [1.807, 2.05) is 0 Å². The van der Waals surface area contributed by atoms with Gasteiger partial charge in [-0.2, -0.15) is 0 Å². The largest absolute Gasteiger partial charge is 0.377 e. The van der Waals surface area contributed by atoms with Crippen molar-refractivity contribution in [3.8, 4) is 0 Å². The lowest BCUT2D eigenvalue weighted by Crippen LogP contribution is -2.31. The molecule has 116 valence electrons. The minimum atomic E-state index is -3.54. The number of carbonyl (C=O) groups excluding carboxylic acids is 1. The first kappa shape index (κ1) is 15.9. The predicted molar refractivity (Wildman–Crippen MR) is 79.5 cm³/mol. The summed E-state index contributed by atoms with van der Waals surface area (Å²) < 4.78 is 32.2. The van der Waals surface area contributed by atoms with Gasteiger partial charge in [-0.1, -0.05) is 6.92 Å². The van der Waals surface area contributed by atoms with E-state index < -0.39 is 10.0 Å². The maximum absolute atomic E-state index is 12.1. The van der Waals surface area contributed by atoms with Crippen LogP contribution in [0.5, 0.6) is 0 Å². The van der Waals surface area contributed by atoms with Crippen molar-refractivity contribution in [2.75, 3.05) is 18.5 Å². The summed E-state index contributed by atoms with van der Waals surface area (Å²) in [6, 6.07) is 6.11. The van der Waals surface area contributed by atoms with Gasteiger partial charge in [0.25, 0.3) is 0 Å². The van der Waals surface area contributed by atoms with Gasteiger partial charge in [-0.3, -0.25) is 4.79 Å². The Bertz CT molecular complexity index is 577. The van der Waals surface area contributed by atoms with Gasteiger partial charge in [0.15, 0.2) is 0 Å². The number of nitrogens with one attached hydrogen (secondary N) is 2. The van der Waals surface area contributed by atoms with E-state index in [9.17, 15) is 13.2 Å². The Labute approximate surface area is 124 Å². The fourth-order valence-electron chi connectivity index (χ4n) is 2.06. The van der Waals surface area contributed by atoms with E-state index in [0.717, 1.165) is 12.8 Å². The second-order valence-corrected chi connectivity index (χ2v) is 6.68. The Morgan fingerprint density at radius 3 is 2.62 bits per heavy atom. The van der Waals surface area contributed by atoms with Crippen LogP contribution in [0.3, 0.4) is 0 Å². The van der Waals surface area contributed by atoms with Crippen molar-refractivity contribution in [3.05, 3.63) is 24.3 Å². The van der Waals surface area contributed by atoms with Gasteiger partial charge in [-0.15, -0.1) is 0 Å². The Kier molecular flexibility index (Phi) is 5.33. The lowest BCUT2D eigenvalue weighted by molar-refractivity contribution is -0.115. The van der Waals surface area contributed by atoms with Crippen LogP contribution in [0.15, 0.2) is 29.2 Å². The molecule has 0 aliphatic carbocycles. The third-order valence-electron chi connectivity index (χ3n) is 3.29. The minimum absolute atomic E-state index is 0.0390. The minimum Gasteiger partial charge on any atom is -0.377 e. The highest BCUT2D eigenvalue weighted by Gasteiger charge is 2.20. The first-order chi connectivity index (χ1) is 10.0. The number of sulfonamides is 1. The zero-order chi connectivity index (χ0) is 15.3. The predicted octanol–water partition coefficient (Wildman–Crippen LogP) is 1.49. The fourth-order valence-corrected chi connectivity index (χ4v) is 3.12. The standard InChI is InChI=1S/C14H20N2O4S/c1-2-14(17)16-11-5-7-13(8-6-11)21(18,19)15-10-12-4-3-9-20-12/h5-8,12,15H,2-4,9-10H2,1H3,(H,16,17)/t12-/m0/s1. The molecular weight excluding hydrogens is 292 g/mol. The average Bonchev–Trinajstić information content (AvgIpc) is 2.99. The van der Waals surface area contributed by atoms with Crippen LogP contribution in [-0.2, 0) is 19.6 Å². The summed E-state index contributed by atoms with van der Waals surface area (Å²) in [4.78, 5) is 11.4. The van der Waals surface area contributed by atoms with Gasteiger partial charge in [0.1, 0.15) is 0 Å². The maximum atomic E-state index is 12.1. The van der Waals surface area contributed by atoms with Crippen molar-refractivity contribution < 1.29 is 17.9 Å². The van der Waals surface area contributed by atoms with Crippen molar-refractivity contribution in [2.24, 2.45) is 0 Å². The molecule has 1 amide bonds. The number of amides is 1. The number of ether oxygens (including phenoxy) is 1. The molecule has 1 saturated heterocycles. The molecule has 1 fully saturated rings. The second-order valence-electron chi connectivity index (χ2n) is 4.91.